The van der Waals surface area contributed by atoms with Crippen LogP contribution in [0.25, 0.3) is 0 Å². The molecule has 154 valence electrons. The van der Waals surface area contributed by atoms with E-state index in [4.69, 9.17) is 9.26 Å². The molecule has 0 aliphatic carbocycles. The van der Waals surface area contributed by atoms with E-state index in [2.05, 4.69) is 15.4 Å². The highest BCUT2D eigenvalue weighted by molar-refractivity contribution is 5.94. The largest absolute Gasteiger partial charge is 0.368 e. The topological polar surface area (TPSA) is 87.9 Å². The number of piperazine rings is 1. The van der Waals surface area contributed by atoms with Gasteiger partial charge in [0.05, 0.1) is 0 Å². The quantitative estimate of drug-likeness (QED) is 0.829. The first-order chi connectivity index (χ1) is 14.1. The van der Waals surface area contributed by atoms with Crippen LogP contribution in [-0.4, -0.2) is 65.7 Å². The molecule has 2 atom stereocenters. The van der Waals surface area contributed by atoms with E-state index in [9.17, 15) is 9.59 Å². The maximum Gasteiger partial charge on any atom is 0.251 e. The fourth-order valence-electron chi connectivity index (χ4n) is 3.96. The smallest absolute Gasteiger partial charge is 0.251 e. The van der Waals surface area contributed by atoms with Crippen LogP contribution in [0.1, 0.15) is 30.2 Å². The summed E-state index contributed by atoms with van der Waals surface area (Å²) in [5.41, 5.74) is 0.907. The van der Waals surface area contributed by atoms with Crippen molar-refractivity contribution in [3.8, 4) is 0 Å². The van der Waals surface area contributed by atoms with Gasteiger partial charge in [0, 0.05) is 38.9 Å². The number of amides is 2. The molecule has 8 heteroatoms. The zero-order valence-corrected chi connectivity index (χ0v) is 16.5. The lowest BCUT2D eigenvalue weighted by Crippen LogP contribution is -2.53. The Morgan fingerprint density at radius 3 is 2.55 bits per heavy atom. The Bertz CT molecular complexity index is 839. The Balaban J connectivity index is 1.45. The maximum absolute atomic E-state index is 13.1. The number of hydrogen-bond acceptors (Lipinski definition) is 6. The fourth-order valence-corrected chi connectivity index (χ4v) is 3.96. The van der Waals surface area contributed by atoms with E-state index in [0.717, 1.165) is 18.4 Å². The number of ether oxygens (including phenoxy) is 1. The molecule has 2 fully saturated rings. The standard InChI is InChI=1S/C21H26N4O4/c1-15-14-18(23-29-15)22-20(26)19(16-6-3-2-4-7-16)24-9-11-25(12-10-24)21(27)17-8-5-13-28-17/h2-4,6-7,14,17,19H,5,8-13H2,1H3,(H,22,23,26). The van der Waals surface area contributed by atoms with Gasteiger partial charge in [0.1, 0.15) is 17.9 Å². The number of hydrogen-bond donors (Lipinski definition) is 1. The lowest BCUT2D eigenvalue weighted by Gasteiger charge is -2.39. The van der Waals surface area contributed by atoms with Crippen molar-refractivity contribution in [1.29, 1.82) is 0 Å². The molecular weight excluding hydrogens is 372 g/mol. The number of nitrogens with one attached hydrogen (secondary N) is 1. The summed E-state index contributed by atoms with van der Waals surface area (Å²) in [5, 5.41) is 6.72. The predicted molar refractivity (Wildman–Crippen MR) is 106 cm³/mol. The van der Waals surface area contributed by atoms with Crippen molar-refractivity contribution in [2.45, 2.75) is 31.9 Å². The first-order valence-corrected chi connectivity index (χ1v) is 10.1. The summed E-state index contributed by atoms with van der Waals surface area (Å²) in [6.45, 7) is 4.83. The number of carbonyl (C=O) groups is 2. The minimum atomic E-state index is -0.465. The molecule has 2 aliphatic rings. The minimum absolute atomic E-state index is 0.0703. The van der Waals surface area contributed by atoms with Crippen molar-refractivity contribution >= 4 is 17.6 Å². The molecule has 3 heterocycles. The van der Waals surface area contributed by atoms with E-state index in [1.54, 1.807) is 13.0 Å². The van der Waals surface area contributed by atoms with E-state index in [1.165, 1.54) is 0 Å². The Hall–Kier alpha value is -2.71. The Morgan fingerprint density at radius 2 is 1.93 bits per heavy atom. The highest BCUT2D eigenvalue weighted by Crippen LogP contribution is 2.25. The lowest BCUT2D eigenvalue weighted by molar-refractivity contribution is -0.143. The second-order valence-corrected chi connectivity index (χ2v) is 7.49. The van der Waals surface area contributed by atoms with Crippen LogP contribution in [0.2, 0.25) is 0 Å². The van der Waals surface area contributed by atoms with Gasteiger partial charge in [0.15, 0.2) is 5.82 Å². The lowest BCUT2D eigenvalue weighted by atomic mass is 10.0. The molecule has 0 radical (unpaired) electrons. The van der Waals surface area contributed by atoms with Gasteiger partial charge in [-0.1, -0.05) is 35.5 Å². The molecule has 2 saturated heterocycles. The van der Waals surface area contributed by atoms with Gasteiger partial charge in [-0.25, -0.2) is 0 Å². The third kappa shape index (κ3) is 4.49. The molecule has 8 nitrogen and oxygen atoms in total. The molecule has 0 bridgehead atoms. The number of carbonyl (C=O) groups excluding carboxylic acids is 2. The maximum atomic E-state index is 13.1. The van der Waals surface area contributed by atoms with Crippen LogP contribution in [0.4, 0.5) is 5.82 Å². The highest BCUT2D eigenvalue weighted by atomic mass is 16.5. The summed E-state index contributed by atoms with van der Waals surface area (Å²) < 4.78 is 10.6. The molecule has 0 spiro atoms. The summed E-state index contributed by atoms with van der Waals surface area (Å²) in [7, 11) is 0. The second kappa shape index (κ2) is 8.75. The SMILES string of the molecule is Cc1cc(NC(=O)C(c2ccccc2)N2CCN(C(=O)C3CCCO3)CC2)no1. The zero-order valence-electron chi connectivity index (χ0n) is 16.5. The van der Waals surface area contributed by atoms with Gasteiger partial charge in [0.2, 0.25) is 5.91 Å². The number of benzene rings is 1. The average molecular weight is 398 g/mol. The normalized spacial score (nSPS) is 21.1. The fraction of sp³-hybridized carbons (Fsp3) is 0.476. The van der Waals surface area contributed by atoms with Crippen LogP contribution in [0.15, 0.2) is 40.9 Å². The van der Waals surface area contributed by atoms with Crippen LogP contribution in [-0.2, 0) is 14.3 Å². The summed E-state index contributed by atoms with van der Waals surface area (Å²) in [6, 6.07) is 10.9. The van der Waals surface area contributed by atoms with E-state index in [-0.39, 0.29) is 17.9 Å². The molecule has 29 heavy (non-hydrogen) atoms. The van der Waals surface area contributed by atoms with Crippen molar-refractivity contribution < 1.29 is 18.8 Å². The van der Waals surface area contributed by atoms with Crippen molar-refractivity contribution in [2.24, 2.45) is 0 Å². The van der Waals surface area contributed by atoms with Gasteiger partial charge in [0.25, 0.3) is 5.91 Å². The third-order valence-electron chi connectivity index (χ3n) is 5.44. The summed E-state index contributed by atoms with van der Waals surface area (Å²) in [5.74, 6) is 0.947. The van der Waals surface area contributed by atoms with Gasteiger partial charge in [-0.3, -0.25) is 14.5 Å². The Morgan fingerprint density at radius 1 is 1.17 bits per heavy atom. The van der Waals surface area contributed by atoms with E-state index < -0.39 is 6.04 Å². The van der Waals surface area contributed by atoms with Gasteiger partial charge >= 0.3 is 0 Å². The molecule has 2 aliphatic heterocycles. The third-order valence-corrected chi connectivity index (χ3v) is 5.44. The Labute approximate surface area is 169 Å². The first kappa shape index (κ1) is 19.6. The van der Waals surface area contributed by atoms with Crippen LogP contribution in [0, 0.1) is 6.92 Å². The molecule has 1 N–H and O–H groups in total. The molecule has 2 unspecified atom stereocenters. The van der Waals surface area contributed by atoms with E-state index >= 15 is 0 Å². The van der Waals surface area contributed by atoms with Crippen molar-refractivity contribution in [2.75, 3.05) is 38.1 Å². The first-order valence-electron chi connectivity index (χ1n) is 10.1. The predicted octanol–water partition coefficient (Wildman–Crippen LogP) is 1.99. The second-order valence-electron chi connectivity index (χ2n) is 7.49. The molecule has 0 saturated carbocycles. The van der Waals surface area contributed by atoms with Crippen LogP contribution in [0.3, 0.4) is 0 Å². The van der Waals surface area contributed by atoms with Crippen LogP contribution >= 0.6 is 0 Å². The van der Waals surface area contributed by atoms with Crippen LogP contribution in [0.5, 0.6) is 0 Å². The molecule has 4 rings (SSSR count). The van der Waals surface area contributed by atoms with Crippen LogP contribution < -0.4 is 5.32 Å². The van der Waals surface area contributed by atoms with Gasteiger partial charge in [-0.2, -0.15) is 0 Å². The van der Waals surface area contributed by atoms with Gasteiger partial charge < -0.3 is 19.5 Å². The average Bonchev–Trinajstić information content (AvgIpc) is 3.41. The molecule has 2 amide bonds. The van der Waals surface area contributed by atoms with E-state index in [1.807, 2.05) is 35.2 Å². The minimum Gasteiger partial charge on any atom is -0.368 e. The monoisotopic (exact) mass is 398 g/mol. The summed E-state index contributed by atoms with van der Waals surface area (Å²) in [6.07, 6.45) is 1.43. The molecule has 1 aromatic carbocycles. The Kier molecular flexibility index (Phi) is 5.92. The van der Waals surface area contributed by atoms with Gasteiger partial charge in [-0.15, -0.1) is 0 Å². The summed E-state index contributed by atoms with van der Waals surface area (Å²) in [4.78, 5) is 29.7. The highest BCUT2D eigenvalue weighted by Gasteiger charge is 2.34. The molecule has 1 aromatic heterocycles. The van der Waals surface area contributed by atoms with Crippen molar-refractivity contribution in [1.82, 2.24) is 15.0 Å². The zero-order chi connectivity index (χ0) is 20.2. The van der Waals surface area contributed by atoms with E-state index in [0.29, 0.717) is 44.4 Å². The molecular formula is C21H26N4O4. The van der Waals surface area contributed by atoms with Gasteiger partial charge in [-0.05, 0) is 25.3 Å². The number of nitrogens with zero attached hydrogens (tertiary/aromatic N) is 3. The number of aryl methyl sites for hydroxylation is 1. The summed E-state index contributed by atoms with van der Waals surface area (Å²) >= 11 is 0. The number of aromatic nitrogens is 1. The number of rotatable bonds is 5. The van der Waals surface area contributed by atoms with Crippen molar-refractivity contribution in [3.05, 3.63) is 47.7 Å². The molecule has 2 aromatic rings. The van der Waals surface area contributed by atoms with Crippen molar-refractivity contribution in [3.63, 3.8) is 0 Å². The number of anilines is 1.